The maximum Gasteiger partial charge on any atom is 0.281 e. The highest BCUT2D eigenvalue weighted by atomic mass is 32.2. The first-order chi connectivity index (χ1) is 12.5. The van der Waals surface area contributed by atoms with E-state index >= 15 is 0 Å². The van der Waals surface area contributed by atoms with Crippen molar-refractivity contribution >= 4 is 21.6 Å². The van der Waals surface area contributed by atoms with Crippen molar-refractivity contribution in [3.05, 3.63) is 96.3 Å². The van der Waals surface area contributed by atoms with E-state index < -0.39 is 21.7 Å². The van der Waals surface area contributed by atoms with Crippen molar-refractivity contribution < 1.29 is 17.6 Å². The SMILES string of the molecule is O=C(NN(c1ccccc1)S(=O)(=O)c1ccc(F)cc1)c1ccccc1. The number of sulfonamides is 1. The number of benzene rings is 3. The lowest BCUT2D eigenvalue weighted by Gasteiger charge is -2.24. The molecule has 0 bridgehead atoms. The van der Waals surface area contributed by atoms with Gasteiger partial charge in [-0.05, 0) is 48.5 Å². The molecule has 0 unspecified atom stereocenters. The van der Waals surface area contributed by atoms with Crippen LogP contribution in [0.1, 0.15) is 10.4 Å². The lowest BCUT2D eigenvalue weighted by atomic mass is 10.2. The van der Waals surface area contributed by atoms with Gasteiger partial charge in [-0.3, -0.25) is 4.79 Å². The molecule has 0 fully saturated rings. The second-order valence-corrected chi connectivity index (χ2v) is 7.15. The molecule has 0 heterocycles. The van der Waals surface area contributed by atoms with Gasteiger partial charge >= 0.3 is 0 Å². The van der Waals surface area contributed by atoms with Gasteiger partial charge in [-0.2, -0.15) is 12.8 Å². The number of hydrazine groups is 1. The number of para-hydroxylation sites is 1. The topological polar surface area (TPSA) is 66.5 Å². The predicted octanol–water partition coefficient (Wildman–Crippen LogP) is 3.37. The minimum absolute atomic E-state index is 0.142. The second-order valence-electron chi connectivity index (χ2n) is 5.37. The molecule has 132 valence electrons. The summed E-state index contributed by atoms with van der Waals surface area (Å²) in [6.45, 7) is 0. The number of carbonyl (C=O) groups is 1. The Balaban J connectivity index is 2.01. The predicted molar refractivity (Wildman–Crippen MR) is 96.4 cm³/mol. The molecule has 0 radical (unpaired) electrons. The standard InChI is InChI=1S/C19H15FN2O3S/c20-16-11-13-18(14-12-16)26(24,25)22(17-9-5-2-6-10-17)21-19(23)15-7-3-1-4-8-15/h1-14H,(H,21,23). The monoisotopic (exact) mass is 370 g/mol. The summed E-state index contributed by atoms with van der Waals surface area (Å²) in [5.41, 5.74) is 2.97. The van der Waals surface area contributed by atoms with Gasteiger partial charge in [-0.15, -0.1) is 0 Å². The molecule has 3 aromatic rings. The summed E-state index contributed by atoms with van der Waals surface area (Å²) >= 11 is 0. The first-order valence-corrected chi connectivity index (χ1v) is 9.14. The van der Waals surface area contributed by atoms with Crippen LogP contribution in [-0.2, 0) is 10.0 Å². The van der Waals surface area contributed by atoms with E-state index in [-0.39, 0.29) is 10.6 Å². The Bertz CT molecular complexity index is 992. The van der Waals surface area contributed by atoms with Crippen LogP contribution in [-0.4, -0.2) is 14.3 Å². The Morgan fingerprint density at radius 2 is 1.35 bits per heavy atom. The summed E-state index contributed by atoms with van der Waals surface area (Å²) in [4.78, 5) is 12.3. The zero-order valence-corrected chi connectivity index (χ0v) is 14.4. The Morgan fingerprint density at radius 1 is 0.808 bits per heavy atom. The highest BCUT2D eigenvalue weighted by molar-refractivity contribution is 7.92. The second kappa shape index (κ2) is 7.37. The van der Waals surface area contributed by atoms with Crippen LogP contribution in [0.25, 0.3) is 0 Å². The van der Waals surface area contributed by atoms with Gasteiger partial charge in [0.05, 0.1) is 10.6 Å². The van der Waals surface area contributed by atoms with Crippen molar-refractivity contribution in [3.63, 3.8) is 0 Å². The third kappa shape index (κ3) is 3.73. The smallest absolute Gasteiger partial charge is 0.267 e. The summed E-state index contributed by atoms with van der Waals surface area (Å²) in [5, 5.41) is 0. The van der Waals surface area contributed by atoms with Gasteiger partial charge in [0.1, 0.15) is 5.82 Å². The zero-order valence-electron chi connectivity index (χ0n) is 13.5. The van der Waals surface area contributed by atoms with E-state index in [2.05, 4.69) is 5.43 Å². The minimum atomic E-state index is -4.14. The number of amides is 1. The van der Waals surface area contributed by atoms with Crippen LogP contribution in [0.4, 0.5) is 10.1 Å². The number of rotatable bonds is 5. The van der Waals surface area contributed by atoms with Crippen molar-refractivity contribution in [2.45, 2.75) is 4.90 Å². The molecule has 0 aliphatic carbocycles. The first-order valence-electron chi connectivity index (χ1n) is 7.70. The maximum atomic E-state index is 13.2. The molecule has 0 atom stereocenters. The molecule has 26 heavy (non-hydrogen) atoms. The molecule has 0 saturated carbocycles. The fourth-order valence-corrected chi connectivity index (χ4v) is 3.58. The molecule has 1 N–H and O–H groups in total. The lowest BCUT2D eigenvalue weighted by Crippen LogP contribution is -2.46. The van der Waals surface area contributed by atoms with Gasteiger partial charge < -0.3 is 0 Å². The number of hydrogen-bond acceptors (Lipinski definition) is 3. The molecular weight excluding hydrogens is 355 g/mol. The average Bonchev–Trinajstić information content (AvgIpc) is 2.67. The van der Waals surface area contributed by atoms with E-state index in [1.54, 1.807) is 60.7 Å². The molecule has 3 rings (SSSR count). The summed E-state index contributed by atoms with van der Waals surface area (Å²) in [6.07, 6.45) is 0. The molecule has 0 saturated heterocycles. The molecule has 0 spiro atoms. The normalized spacial score (nSPS) is 11.0. The largest absolute Gasteiger partial charge is 0.281 e. The number of hydrogen-bond donors (Lipinski definition) is 1. The quantitative estimate of drug-likeness (QED) is 0.701. The summed E-state index contributed by atoms with van der Waals surface area (Å²) < 4.78 is 39.9. The summed E-state index contributed by atoms with van der Waals surface area (Å²) in [7, 11) is -4.14. The molecule has 7 heteroatoms. The first kappa shape index (κ1) is 17.6. The highest BCUT2D eigenvalue weighted by Gasteiger charge is 2.27. The van der Waals surface area contributed by atoms with E-state index in [4.69, 9.17) is 0 Å². The number of nitrogens with zero attached hydrogens (tertiary/aromatic N) is 1. The number of anilines is 1. The zero-order chi connectivity index (χ0) is 18.6. The molecule has 0 aliphatic rings. The third-order valence-corrected chi connectivity index (χ3v) is 5.23. The molecular formula is C19H15FN2O3S. The van der Waals surface area contributed by atoms with Crippen LogP contribution < -0.4 is 9.84 Å². The van der Waals surface area contributed by atoms with Gasteiger partial charge in [0.2, 0.25) is 0 Å². The van der Waals surface area contributed by atoms with Crippen LogP contribution in [0, 0.1) is 5.82 Å². The Labute approximate surface area is 150 Å². The van der Waals surface area contributed by atoms with Crippen LogP contribution >= 0.6 is 0 Å². The fraction of sp³-hybridized carbons (Fsp3) is 0. The van der Waals surface area contributed by atoms with Gasteiger partial charge in [0, 0.05) is 5.56 Å². The Morgan fingerprint density at radius 3 is 1.92 bits per heavy atom. The van der Waals surface area contributed by atoms with E-state index in [9.17, 15) is 17.6 Å². The van der Waals surface area contributed by atoms with Gasteiger partial charge in [0.25, 0.3) is 15.9 Å². The number of nitrogens with one attached hydrogen (secondary N) is 1. The molecule has 0 aromatic heterocycles. The van der Waals surface area contributed by atoms with E-state index in [1.807, 2.05) is 0 Å². The van der Waals surface area contributed by atoms with Crippen molar-refractivity contribution in [3.8, 4) is 0 Å². The molecule has 1 amide bonds. The highest BCUT2D eigenvalue weighted by Crippen LogP contribution is 2.22. The van der Waals surface area contributed by atoms with E-state index in [1.165, 1.54) is 0 Å². The Hall–Kier alpha value is -3.19. The number of carbonyl (C=O) groups excluding carboxylic acids is 1. The van der Waals surface area contributed by atoms with Gasteiger partial charge in [-0.1, -0.05) is 36.4 Å². The molecule has 5 nitrogen and oxygen atoms in total. The lowest BCUT2D eigenvalue weighted by molar-refractivity contribution is 0.0955. The molecule has 3 aromatic carbocycles. The minimum Gasteiger partial charge on any atom is -0.267 e. The maximum absolute atomic E-state index is 13.2. The number of halogens is 1. The summed E-state index contributed by atoms with van der Waals surface area (Å²) in [5.74, 6) is -1.14. The fourth-order valence-electron chi connectivity index (χ4n) is 2.29. The molecule has 0 aliphatic heterocycles. The third-order valence-electron chi connectivity index (χ3n) is 3.58. The average molecular weight is 370 g/mol. The van der Waals surface area contributed by atoms with Crippen molar-refractivity contribution in [1.29, 1.82) is 0 Å². The van der Waals surface area contributed by atoms with Crippen molar-refractivity contribution in [1.82, 2.24) is 5.43 Å². The van der Waals surface area contributed by atoms with Gasteiger partial charge in [0.15, 0.2) is 0 Å². The van der Waals surface area contributed by atoms with Crippen LogP contribution in [0.2, 0.25) is 0 Å². The van der Waals surface area contributed by atoms with Crippen LogP contribution in [0.3, 0.4) is 0 Å². The van der Waals surface area contributed by atoms with Crippen LogP contribution in [0.15, 0.2) is 89.8 Å². The summed E-state index contributed by atoms with van der Waals surface area (Å²) in [6, 6.07) is 20.8. The van der Waals surface area contributed by atoms with Crippen molar-refractivity contribution in [2.75, 3.05) is 4.41 Å². The van der Waals surface area contributed by atoms with E-state index in [0.717, 1.165) is 28.7 Å². The van der Waals surface area contributed by atoms with Crippen LogP contribution in [0.5, 0.6) is 0 Å². The Kier molecular flexibility index (Phi) is 4.99. The van der Waals surface area contributed by atoms with Gasteiger partial charge in [-0.25, -0.2) is 9.82 Å². The van der Waals surface area contributed by atoms with E-state index in [0.29, 0.717) is 5.56 Å². The van der Waals surface area contributed by atoms with Crippen molar-refractivity contribution in [2.24, 2.45) is 0 Å².